The lowest BCUT2D eigenvalue weighted by molar-refractivity contribution is -0.130. The third-order valence-electron chi connectivity index (χ3n) is 4.60. The molecule has 8 nitrogen and oxygen atoms in total. The quantitative estimate of drug-likeness (QED) is 0.765. The number of carbonyl (C=O) groups excluding carboxylic acids is 2. The summed E-state index contributed by atoms with van der Waals surface area (Å²) in [6, 6.07) is 7.81. The van der Waals surface area contributed by atoms with E-state index in [0.29, 0.717) is 31.4 Å². The Balaban J connectivity index is 0.000000659. The highest BCUT2D eigenvalue weighted by molar-refractivity contribution is 7.22. The van der Waals surface area contributed by atoms with Crippen LogP contribution >= 0.6 is 11.3 Å². The van der Waals surface area contributed by atoms with E-state index < -0.39 is 0 Å². The van der Waals surface area contributed by atoms with Crippen LogP contribution in [0.15, 0.2) is 24.3 Å². The lowest BCUT2D eigenvalue weighted by Crippen LogP contribution is -2.49. The number of benzene rings is 1. The van der Waals surface area contributed by atoms with Crippen LogP contribution < -0.4 is 10.2 Å². The van der Waals surface area contributed by atoms with Crippen molar-refractivity contribution in [3.63, 3.8) is 0 Å². The van der Waals surface area contributed by atoms with Crippen LogP contribution in [0.25, 0.3) is 10.2 Å². The summed E-state index contributed by atoms with van der Waals surface area (Å²) in [5.41, 5.74) is 0.918. The summed E-state index contributed by atoms with van der Waals surface area (Å²) in [4.78, 5) is 39.2. The summed E-state index contributed by atoms with van der Waals surface area (Å²) in [6.07, 6.45) is 0.245. The summed E-state index contributed by atoms with van der Waals surface area (Å²) in [6.45, 7) is 4.18. The van der Waals surface area contributed by atoms with Gasteiger partial charge in [-0.1, -0.05) is 30.4 Å². The number of amides is 2. The lowest BCUT2D eigenvalue weighted by atomic mass is 9.88. The van der Waals surface area contributed by atoms with E-state index in [1.54, 1.807) is 4.90 Å². The van der Waals surface area contributed by atoms with Crippen molar-refractivity contribution in [3.05, 3.63) is 24.3 Å². The van der Waals surface area contributed by atoms with Crippen molar-refractivity contribution in [3.8, 4) is 0 Å². The normalized spacial score (nSPS) is 20.6. The molecule has 0 spiro atoms. The van der Waals surface area contributed by atoms with E-state index in [9.17, 15) is 9.59 Å². The Morgan fingerprint density at radius 2 is 2.19 bits per heavy atom. The second kappa shape index (κ2) is 8.01. The van der Waals surface area contributed by atoms with Crippen LogP contribution in [0.2, 0.25) is 0 Å². The molecule has 0 radical (unpaired) electrons. The molecule has 2 aromatic rings. The van der Waals surface area contributed by atoms with Crippen LogP contribution in [-0.4, -0.2) is 54.7 Å². The maximum atomic E-state index is 12.4. The predicted molar refractivity (Wildman–Crippen MR) is 101 cm³/mol. The lowest BCUT2D eigenvalue weighted by Gasteiger charge is -2.38. The number of nitrogens with one attached hydrogen (secondary N) is 1. The number of carboxylic acid groups (broad SMARTS) is 1. The molecule has 2 aliphatic heterocycles. The van der Waals surface area contributed by atoms with Crippen molar-refractivity contribution in [2.24, 2.45) is 11.3 Å². The molecule has 1 atom stereocenters. The molecular weight excluding hydrogens is 370 g/mol. The molecule has 3 heterocycles. The van der Waals surface area contributed by atoms with Crippen molar-refractivity contribution in [1.29, 1.82) is 0 Å². The van der Waals surface area contributed by atoms with Crippen molar-refractivity contribution in [2.75, 3.05) is 31.2 Å². The average molecular weight is 391 g/mol. The highest BCUT2D eigenvalue weighted by Gasteiger charge is 2.38. The summed E-state index contributed by atoms with van der Waals surface area (Å²) in [5.74, 6) is -0.401. The molecule has 2 aliphatic rings. The van der Waals surface area contributed by atoms with Gasteiger partial charge in [0.25, 0.3) is 6.47 Å². The van der Waals surface area contributed by atoms with Gasteiger partial charge in [-0.2, -0.15) is 0 Å². The number of thiazole rings is 1. The number of anilines is 1. The Kier molecular flexibility index (Phi) is 5.71. The monoisotopic (exact) mass is 391 g/mol. The van der Waals surface area contributed by atoms with E-state index in [0.717, 1.165) is 10.2 Å². The van der Waals surface area contributed by atoms with Crippen molar-refractivity contribution < 1.29 is 24.2 Å². The van der Waals surface area contributed by atoms with Crippen LogP contribution in [0.4, 0.5) is 5.13 Å². The molecule has 0 aliphatic carbocycles. The first-order valence-electron chi connectivity index (χ1n) is 8.55. The minimum atomic E-state index is -0.311. The zero-order valence-corrected chi connectivity index (χ0v) is 15.7. The van der Waals surface area contributed by atoms with Gasteiger partial charge in [0.05, 0.1) is 29.3 Å². The number of hydrogen-bond donors (Lipinski definition) is 2. The van der Waals surface area contributed by atoms with E-state index in [4.69, 9.17) is 14.6 Å². The fraction of sp³-hybridized carbons (Fsp3) is 0.444. The van der Waals surface area contributed by atoms with Crippen molar-refractivity contribution in [1.82, 2.24) is 10.3 Å². The molecule has 2 fully saturated rings. The Labute approximate surface area is 160 Å². The van der Waals surface area contributed by atoms with Crippen LogP contribution in [-0.2, 0) is 19.1 Å². The summed E-state index contributed by atoms with van der Waals surface area (Å²) in [7, 11) is 0. The molecule has 9 heteroatoms. The number of hydrogen-bond acceptors (Lipinski definition) is 6. The molecule has 1 aromatic heterocycles. The number of carbonyl (C=O) groups is 3. The molecule has 4 rings (SSSR count). The van der Waals surface area contributed by atoms with Gasteiger partial charge in [0.2, 0.25) is 11.8 Å². The van der Waals surface area contributed by atoms with Crippen LogP contribution in [0.3, 0.4) is 0 Å². The van der Waals surface area contributed by atoms with E-state index in [2.05, 4.69) is 17.2 Å². The summed E-state index contributed by atoms with van der Waals surface area (Å²) < 4.78 is 6.24. The van der Waals surface area contributed by atoms with E-state index in [1.807, 2.05) is 24.3 Å². The molecule has 0 bridgehead atoms. The maximum Gasteiger partial charge on any atom is 0.290 e. The van der Waals surface area contributed by atoms with Crippen LogP contribution in [0.1, 0.15) is 13.3 Å². The third-order valence-corrected chi connectivity index (χ3v) is 5.66. The van der Waals surface area contributed by atoms with Gasteiger partial charge >= 0.3 is 0 Å². The molecule has 144 valence electrons. The fourth-order valence-corrected chi connectivity index (χ4v) is 4.03. The van der Waals surface area contributed by atoms with Gasteiger partial charge in [-0.3, -0.25) is 19.3 Å². The second-order valence-corrected chi connectivity index (χ2v) is 8.01. The van der Waals surface area contributed by atoms with Gasteiger partial charge in [0, 0.05) is 24.9 Å². The molecule has 2 N–H and O–H groups in total. The number of para-hydroxylation sites is 1. The average Bonchev–Trinajstić information content (AvgIpc) is 3.21. The van der Waals surface area contributed by atoms with Crippen LogP contribution in [0, 0.1) is 11.3 Å². The first-order chi connectivity index (χ1) is 13.0. The smallest absolute Gasteiger partial charge is 0.290 e. The Hall–Kier alpha value is -2.52. The standard InChI is InChI=1S/C17H19N3O3S.CH2O2/c1-17(9-23-10-17)8-18-15(22)11-6-14(21)20(7-11)16-19-12-4-2-3-5-13(12)24-16;2-1-3/h2-5,11H,6-10H2,1H3,(H,18,22);1H,(H,2,3). The largest absolute Gasteiger partial charge is 0.483 e. The summed E-state index contributed by atoms with van der Waals surface area (Å²) in [5, 5.41) is 10.5. The van der Waals surface area contributed by atoms with Gasteiger partial charge in [0.15, 0.2) is 5.13 Å². The van der Waals surface area contributed by atoms with E-state index in [-0.39, 0.29) is 36.0 Å². The number of ether oxygens (including phenoxy) is 1. The molecule has 2 amide bonds. The maximum absolute atomic E-state index is 12.4. The highest BCUT2D eigenvalue weighted by atomic mass is 32.1. The number of aromatic nitrogens is 1. The third kappa shape index (κ3) is 4.25. The molecule has 2 saturated heterocycles. The molecular formula is C18H21N3O5S. The van der Waals surface area contributed by atoms with Gasteiger partial charge in [-0.15, -0.1) is 0 Å². The van der Waals surface area contributed by atoms with Crippen molar-refractivity contribution in [2.45, 2.75) is 13.3 Å². The molecule has 0 saturated carbocycles. The summed E-state index contributed by atoms with van der Waals surface area (Å²) >= 11 is 1.49. The zero-order chi connectivity index (χ0) is 19.4. The SMILES string of the molecule is CC1(CNC(=O)C2CC(=O)N(c3nc4ccccc4s3)C2)COC1.O=CO. The number of rotatable bonds is 4. The number of nitrogens with zero attached hydrogens (tertiary/aromatic N) is 2. The van der Waals surface area contributed by atoms with Crippen molar-refractivity contribution >= 4 is 45.0 Å². The Bertz CT molecular complexity index is 815. The minimum absolute atomic E-state index is 0.0327. The van der Waals surface area contributed by atoms with E-state index in [1.165, 1.54) is 11.3 Å². The number of fused-ring (bicyclic) bond motifs is 1. The molecule has 27 heavy (non-hydrogen) atoms. The van der Waals surface area contributed by atoms with Gasteiger partial charge in [0.1, 0.15) is 0 Å². The Morgan fingerprint density at radius 1 is 1.48 bits per heavy atom. The predicted octanol–water partition coefficient (Wildman–Crippen LogP) is 1.50. The van der Waals surface area contributed by atoms with Gasteiger partial charge < -0.3 is 15.2 Å². The first kappa shape index (κ1) is 19.2. The Morgan fingerprint density at radius 3 is 2.81 bits per heavy atom. The minimum Gasteiger partial charge on any atom is -0.483 e. The molecule has 1 unspecified atom stereocenters. The first-order valence-corrected chi connectivity index (χ1v) is 9.37. The second-order valence-electron chi connectivity index (χ2n) is 7.00. The van der Waals surface area contributed by atoms with Gasteiger partial charge in [-0.05, 0) is 12.1 Å². The van der Waals surface area contributed by atoms with E-state index >= 15 is 0 Å². The fourth-order valence-electron chi connectivity index (χ4n) is 3.04. The molecule has 1 aromatic carbocycles. The topological polar surface area (TPSA) is 109 Å². The van der Waals surface area contributed by atoms with Crippen LogP contribution in [0.5, 0.6) is 0 Å². The highest BCUT2D eigenvalue weighted by Crippen LogP contribution is 2.33. The zero-order valence-electron chi connectivity index (χ0n) is 14.9. The van der Waals surface area contributed by atoms with Gasteiger partial charge in [-0.25, -0.2) is 4.98 Å².